The lowest BCUT2D eigenvalue weighted by Crippen LogP contribution is -2.56. The Labute approximate surface area is 203 Å². The lowest BCUT2D eigenvalue weighted by atomic mass is 10.2. The minimum absolute atomic E-state index is 0.0490. The summed E-state index contributed by atoms with van der Waals surface area (Å²) in [6.07, 6.45) is 2.75. The van der Waals surface area contributed by atoms with E-state index in [1.807, 2.05) is 41.1 Å². The predicted octanol–water partition coefficient (Wildman–Crippen LogP) is 1.67. The van der Waals surface area contributed by atoms with Gasteiger partial charge >= 0.3 is 0 Å². The van der Waals surface area contributed by atoms with Crippen LogP contribution in [0.2, 0.25) is 0 Å². The number of carbonyl (C=O) groups excluding carboxylic acids is 1. The average Bonchev–Trinajstić information content (AvgIpc) is 3.33. The lowest BCUT2D eigenvalue weighted by molar-refractivity contribution is -0.132. The highest BCUT2D eigenvalue weighted by Gasteiger charge is 2.32. The Balaban J connectivity index is 1.19. The molecule has 2 aliphatic rings. The van der Waals surface area contributed by atoms with E-state index >= 15 is 0 Å². The highest BCUT2D eigenvalue weighted by atomic mass is 32.2. The Morgan fingerprint density at radius 3 is 2.49 bits per heavy atom. The molecule has 2 aromatic carbocycles. The van der Waals surface area contributed by atoms with E-state index in [0.29, 0.717) is 26.2 Å². The largest absolute Gasteiger partial charge is 0.368 e. The molecular formula is C23H26N8O3S. The second kappa shape index (κ2) is 9.39. The molecule has 0 spiro atoms. The van der Waals surface area contributed by atoms with Gasteiger partial charge in [0.1, 0.15) is 18.2 Å². The molecule has 1 saturated heterocycles. The number of rotatable bonds is 6. The zero-order valence-corrected chi connectivity index (χ0v) is 19.9. The highest BCUT2D eigenvalue weighted by Crippen LogP contribution is 2.30. The lowest BCUT2D eigenvalue weighted by Gasteiger charge is -2.38. The number of para-hydroxylation sites is 2. The quantitative estimate of drug-likeness (QED) is 0.470. The van der Waals surface area contributed by atoms with E-state index in [2.05, 4.69) is 30.6 Å². The maximum absolute atomic E-state index is 13.2. The number of nitrogens with one attached hydrogen (secondary N) is 3. The Morgan fingerprint density at radius 1 is 1.03 bits per heavy atom. The summed E-state index contributed by atoms with van der Waals surface area (Å²) in [4.78, 5) is 25.0. The second-order valence-electron chi connectivity index (χ2n) is 8.31. The van der Waals surface area contributed by atoms with Crippen molar-refractivity contribution in [2.75, 3.05) is 46.2 Å². The zero-order valence-electron chi connectivity index (χ0n) is 19.1. The van der Waals surface area contributed by atoms with Crippen molar-refractivity contribution in [3.8, 4) is 0 Å². The number of hydrogen-bond donors (Lipinski definition) is 3. The van der Waals surface area contributed by atoms with Crippen LogP contribution in [0.3, 0.4) is 0 Å². The van der Waals surface area contributed by atoms with E-state index in [-0.39, 0.29) is 22.7 Å². The number of hydrazine groups is 2. The summed E-state index contributed by atoms with van der Waals surface area (Å²) in [7, 11) is -3.75. The van der Waals surface area contributed by atoms with Gasteiger partial charge in [-0.05, 0) is 49.4 Å². The van der Waals surface area contributed by atoms with Gasteiger partial charge in [0.15, 0.2) is 0 Å². The van der Waals surface area contributed by atoms with Crippen molar-refractivity contribution < 1.29 is 13.2 Å². The number of fused-ring (bicyclic) bond motifs is 1. The summed E-state index contributed by atoms with van der Waals surface area (Å²) >= 11 is 0. The zero-order chi connectivity index (χ0) is 24.4. The molecule has 0 saturated carbocycles. The van der Waals surface area contributed by atoms with Gasteiger partial charge in [-0.15, -0.1) is 5.53 Å². The van der Waals surface area contributed by atoms with Crippen molar-refractivity contribution in [2.45, 2.75) is 17.9 Å². The van der Waals surface area contributed by atoms with Gasteiger partial charge in [-0.1, -0.05) is 12.1 Å². The summed E-state index contributed by atoms with van der Waals surface area (Å²) < 4.78 is 27.7. The molecule has 11 nitrogen and oxygen atoms in total. The summed E-state index contributed by atoms with van der Waals surface area (Å²) in [5.74, 6) is 0.260. The maximum atomic E-state index is 13.2. The highest BCUT2D eigenvalue weighted by molar-refractivity contribution is 7.92. The second-order valence-corrected chi connectivity index (χ2v) is 9.99. The van der Waals surface area contributed by atoms with Crippen molar-refractivity contribution >= 4 is 38.8 Å². The molecule has 5 rings (SSSR count). The van der Waals surface area contributed by atoms with E-state index in [1.54, 1.807) is 24.3 Å². The molecule has 3 heterocycles. The molecule has 3 N–H and O–H groups in total. The number of anilines is 4. The molecule has 0 radical (unpaired) electrons. The maximum Gasteiger partial charge on any atom is 0.263 e. The van der Waals surface area contributed by atoms with Crippen LogP contribution in [-0.2, 0) is 14.8 Å². The normalized spacial score (nSPS) is 16.4. The van der Waals surface area contributed by atoms with Crippen molar-refractivity contribution in [3.63, 3.8) is 0 Å². The van der Waals surface area contributed by atoms with Crippen LogP contribution >= 0.6 is 0 Å². The van der Waals surface area contributed by atoms with Gasteiger partial charge in [0, 0.05) is 38.1 Å². The number of amides is 1. The third kappa shape index (κ3) is 4.70. The molecule has 1 unspecified atom stereocenters. The Hall–Kier alpha value is -3.90. The molecule has 3 aromatic rings. The van der Waals surface area contributed by atoms with Gasteiger partial charge in [-0.2, -0.15) is 0 Å². The molecule has 1 atom stereocenters. The van der Waals surface area contributed by atoms with Crippen LogP contribution in [0.25, 0.3) is 0 Å². The molecule has 182 valence electrons. The summed E-state index contributed by atoms with van der Waals surface area (Å²) in [6.45, 7) is 4.38. The number of benzene rings is 2. The number of sulfonamides is 1. The van der Waals surface area contributed by atoms with Crippen LogP contribution in [0, 0.1) is 0 Å². The van der Waals surface area contributed by atoms with Gasteiger partial charge in [0.25, 0.3) is 10.0 Å². The average molecular weight is 495 g/mol. The van der Waals surface area contributed by atoms with Crippen molar-refractivity contribution in [3.05, 3.63) is 67.1 Å². The van der Waals surface area contributed by atoms with E-state index in [9.17, 15) is 13.2 Å². The van der Waals surface area contributed by atoms with E-state index in [1.165, 1.54) is 18.6 Å². The predicted molar refractivity (Wildman–Crippen MR) is 133 cm³/mol. The topological polar surface area (TPSA) is 123 Å². The molecule has 2 aliphatic heterocycles. The first-order valence-corrected chi connectivity index (χ1v) is 12.7. The Bertz CT molecular complexity index is 1300. The molecule has 0 bridgehead atoms. The monoisotopic (exact) mass is 494 g/mol. The van der Waals surface area contributed by atoms with E-state index in [4.69, 9.17) is 0 Å². The molecule has 12 heteroatoms. The fraction of sp³-hybridized carbons (Fsp3) is 0.261. The molecule has 1 fully saturated rings. The van der Waals surface area contributed by atoms with Gasteiger partial charge < -0.3 is 15.2 Å². The van der Waals surface area contributed by atoms with Gasteiger partial charge in [0.2, 0.25) is 5.91 Å². The third-order valence-electron chi connectivity index (χ3n) is 6.14. The summed E-state index contributed by atoms with van der Waals surface area (Å²) in [5.41, 5.74) is 8.95. The number of piperazine rings is 1. The number of carbonyl (C=O) groups is 1. The van der Waals surface area contributed by atoms with Crippen molar-refractivity contribution in [1.82, 2.24) is 20.4 Å². The van der Waals surface area contributed by atoms with Crippen LogP contribution in [0.5, 0.6) is 0 Å². The molecular weight excluding hydrogens is 468 g/mol. The van der Waals surface area contributed by atoms with E-state index < -0.39 is 10.0 Å². The van der Waals surface area contributed by atoms with Crippen LogP contribution in [0.15, 0.2) is 72.0 Å². The third-order valence-corrected chi connectivity index (χ3v) is 7.51. The minimum atomic E-state index is -3.75. The van der Waals surface area contributed by atoms with Crippen LogP contribution in [-0.4, -0.2) is 61.4 Å². The van der Waals surface area contributed by atoms with Gasteiger partial charge in [-0.25, -0.2) is 18.4 Å². The first kappa shape index (κ1) is 22.9. The molecule has 1 amide bonds. The van der Waals surface area contributed by atoms with Gasteiger partial charge in [-0.3, -0.25) is 14.5 Å². The first-order chi connectivity index (χ1) is 16.9. The standard InChI is InChI=1S/C23H26N8O3S/c1-17(31-21-5-3-2-4-20(21)26-28-31)23(32)30-14-12-29(13-15-30)18-6-8-19(9-7-18)35(33,34)27-22-10-11-24-16-25-22/h2-11,16-17,26,28H,12-15H2,1H3,(H,24,25,27). The van der Waals surface area contributed by atoms with Crippen LogP contribution in [0.4, 0.5) is 22.9 Å². The number of nitrogens with zero attached hydrogens (tertiary/aromatic N) is 5. The van der Waals surface area contributed by atoms with Crippen molar-refractivity contribution in [2.24, 2.45) is 0 Å². The SMILES string of the molecule is CC(C(=O)N1CCN(c2ccc(S(=O)(=O)Nc3ccncn3)cc2)CC1)N1NNc2ccccc21. The fourth-order valence-corrected chi connectivity index (χ4v) is 5.23. The van der Waals surface area contributed by atoms with E-state index in [0.717, 1.165) is 17.1 Å². The Kier molecular flexibility index (Phi) is 6.14. The molecule has 1 aromatic heterocycles. The smallest absolute Gasteiger partial charge is 0.263 e. The molecule has 0 aliphatic carbocycles. The number of hydrogen-bond acceptors (Lipinski definition) is 9. The molecule has 35 heavy (non-hydrogen) atoms. The first-order valence-electron chi connectivity index (χ1n) is 11.2. The fourth-order valence-electron chi connectivity index (χ4n) is 4.22. The van der Waals surface area contributed by atoms with Crippen molar-refractivity contribution in [1.29, 1.82) is 0 Å². The summed E-state index contributed by atoms with van der Waals surface area (Å²) in [5, 5.41) is 1.85. The van der Waals surface area contributed by atoms with Crippen LogP contribution in [0.1, 0.15) is 6.92 Å². The van der Waals surface area contributed by atoms with Crippen LogP contribution < -0.4 is 25.6 Å². The minimum Gasteiger partial charge on any atom is -0.368 e. The van der Waals surface area contributed by atoms with Gasteiger partial charge in [0.05, 0.1) is 16.3 Å². The Morgan fingerprint density at radius 2 is 1.77 bits per heavy atom. The summed E-state index contributed by atoms with van der Waals surface area (Å²) in [6, 6.07) is 15.6. The number of aromatic nitrogens is 2.